The first kappa shape index (κ1) is 15.1. The highest BCUT2D eigenvalue weighted by atomic mass is 79.9. The van der Waals surface area contributed by atoms with Gasteiger partial charge in [0.15, 0.2) is 11.5 Å². The number of benzene rings is 1. The van der Waals surface area contributed by atoms with Gasteiger partial charge in [-0.2, -0.15) is 0 Å². The number of carboxylic acid groups (broad SMARTS) is 1. The summed E-state index contributed by atoms with van der Waals surface area (Å²) in [5.41, 5.74) is 0.948. The lowest BCUT2D eigenvalue weighted by atomic mass is 10.0. The van der Waals surface area contributed by atoms with E-state index in [-0.39, 0.29) is 6.79 Å². The van der Waals surface area contributed by atoms with Crippen LogP contribution in [0, 0.1) is 5.92 Å². The molecule has 0 aliphatic carbocycles. The first-order valence-electron chi connectivity index (χ1n) is 6.51. The van der Waals surface area contributed by atoms with Crippen molar-refractivity contribution in [3.8, 4) is 11.5 Å². The highest BCUT2D eigenvalue weighted by Gasteiger charge is 2.20. The first-order chi connectivity index (χ1) is 9.47. The molecule has 20 heavy (non-hydrogen) atoms. The monoisotopic (exact) mass is 343 g/mol. The van der Waals surface area contributed by atoms with Crippen molar-refractivity contribution < 1.29 is 19.4 Å². The molecule has 1 heterocycles. The first-order valence-corrected chi connectivity index (χ1v) is 7.31. The Morgan fingerprint density at radius 1 is 1.40 bits per heavy atom. The molecule has 0 spiro atoms. The molecule has 0 aromatic heterocycles. The van der Waals surface area contributed by atoms with Crippen molar-refractivity contribution in [2.75, 3.05) is 6.79 Å². The molecule has 0 saturated heterocycles. The zero-order chi connectivity index (χ0) is 14.7. The van der Waals surface area contributed by atoms with Gasteiger partial charge in [-0.3, -0.25) is 4.79 Å². The van der Waals surface area contributed by atoms with Gasteiger partial charge < -0.3 is 19.9 Å². The van der Waals surface area contributed by atoms with Gasteiger partial charge in [0.1, 0.15) is 6.04 Å². The summed E-state index contributed by atoms with van der Waals surface area (Å²) in [7, 11) is 0. The van der Waals surface area contributed by atoms with Gasteiger partial charge in [-0.25, -0.2) is 0 Å². The van der Waals surface area contributed by atoms with Crippen molar-refractivity contribution in [2.24, 2.45) is 5.92 Å². The highest BCUT2D eigenvalue weighted by Crippen LogP contribution is 2.36. The number of aliphatic carboxylic acids is 1. The van der Waals surface area contributed by atoms with Crippen LogP contribution < -0.4 is 14.8 Å². The molecule has 6 heteroatoms. The molecule has 0 unspecified atom stereocenters. The number of nitrogens with one attached hydrogen (secondary N) is 1. The van der Waals surface area contributed by atoms with Crippen molar-refractivity contribution in [1.29, 1.82) is 0 Å². The summed E-state index contributed by atoms with van der Waals surface area (Å²) in [6, 6.07) is 3.16. The van der Waals surface area contributed by atoms with Gasteiger partial charge in [-0.15, -0.1) is 0 Å². The maximum atomic E-state index is 11.2. The van der Waals surface area contributed by atoms with E-state index in [1.165, 1.54) is 0 Å². The molecule has 2 N–H and O–H groups in total. The molecule has 2 rings (SSSR count). The van der Waals surface area contributed by atoms with Gasteiger partial charge in [0, 0.05) is 11.0 Å². The second-order valence-corrected chi connectivity index (χ2v) is 6.05. The van der Waals surface area contributed by atoms with Crippen molar-refractivity contribution in [3.63, 3.8) is 0 Å². The lowest BCUT2D eigenvalue weighted by molar-refractivity contribution is -0.140. The van der Waals surface area contributed by atoms with Crippen LogP contribution in [-0.4, -0.2) is 23.9 Å². The molecule has 0 fully saturated rings. The third-order valence-electron chi connectivity index (χ3n) is 3.09. The number of halogens is 1. The number of ether oxygens (including phenoxy) is 2. The minimum Gasteiger partial charge on any atom is -0.480 e. The van der Waals surface area contributed by atoms with E-state index < -0.39 is 12.0 Å². The van der Waals surface area contributed by atoms with Crippen molar-refractivity contribution in [3.05, 3.63) is 22.2 Å². The maximum absolute atomic E-state index is 11.2. The number of hydrogen-bond acceptors (Lipinski definition) is 4. The normalized spacial score (nSPS) is 14.6. The number of carbonyl (C=O) groups is 1. The minimum atomic E-state index is -0.824. The standard InChI is InChI=1S/C14H18BrNO4/c1-8(2)3-11(14(17)18)16-6-9-4-12-13(5-10(9)15)20-7-19-12/h4-5,8,11,16H,3,6-7H2,1-2H3,(H,17,18)/t11-/m1/s1. The van der Waals surface area contributed by atoms with Crippen LogP contribution in [0.4, 0.5) is 0 Å². The third kappa shape index (κ3) is 3.64. The van der Waals surface area contributed by atoms with E-state index in [2.05, 4.69) is 21.2 Å². The van der Waals surface area contributed by atoms with Gasteiger partial charge in [-0.05, 0) is 30.0 Å². The fourth-order valence-electron chi connectivity index (χ4n) is 2.07. The van der Waals surface area contributed by atoms with E-state index in [4.69, 9.17) is 9.47 Å². The maximum Gasteiger partial charge on any atom is 0.320 e. The summed E-state index contributed by atoms with van der Waals surface area (Å²) in [5, 5.41) is 12.3. The quantitative estimate of drug-likeness (QED) is 0.831. The van der Waals surface area contributed by atoms with Crippen LogP contribution in [0.5, 0.6) is 11.5 Å². The van der Waals surface area contributed by atoms with E-state index in [1.54, 1.807) is 0 Å². The summed E-state index contributed by atoms with van der Waals surface area (Å²) in [6.07, 6.45) is 0.595. The molecule has 0 radical (unpaired) electrons. The molecule has 5 nitrogen and oxygen atoms in total. The number of fused-ring (bicyclic) bond motifs is 1. The second kappa shape index (κ2) is 6.45. The summed E-state index contributed by atoms with van der Waals surface area (Å²) in [5.74, 6) is 0.901. The van der Waals surface area contributed by atoms with Crippen LogP contribution in [0.3, 0.4) is 0 Å². The summed E-state index contributed by atoms with van der Waals surface area (Å²) >= 11 is 3.46. The Labute approximate surface area is 126 Å². The van der Waals surface area contributed by atoms with E-state index in [9.17, 15) is 9.90 Å². The lowest BCUT2D eigenvalue weighted by Crippen LogP contribution is -2.37. The molecule has 0 amide bonds. The average molecular weight is 344 g/mol. The molecule has 1 atom stereocenters. The zero-order valence-corrected chi connectivity index (χ0v) is 13.1. The predicted molar refractivity (Wildman–Crippen MR) is 78.0 cm³/mol. The fraction of sp³-hybridized carbons (Fsp3) is 0.500. The van der Waals surface area contributed by atoms with Crippen molar-refractivity contribution >= 4 is 21.9 Å². The Morgan fingerprint density at radius 2 is 2.05 bits per heavy atom. The molecule has 1 aromatic rings. The molecule has 110 valence electrons. The van der Waals surface area contributed by atoms with Crippen LogP contribution in [0.2, 0.25) is 0 Å². The summed E-state index contributed by atoms with van der Waals surface area (Å²) in [6.45, 7) is 4.70. The number of rotatable bonds is 6. The molecule has 1 aliphatic heterocycles. The zero-order valence-electron chi connectivity index (χ0n) is 11.5. The summed E-state index contributed by atoms with van der Waals surface area (Å²) < 4.78 is 11.5. The van der Waals surface area contributed by atoms with Crippen LogP contribution in [-0.2, 0) is 11.3 Å². The Morgan fingerprint density at radius 3 is 2.65 bits per heavy atom. The Bertz CT molecular complexity index is 504. The molecular formula is C14H18BrNO4. The molecular weight excluding hydrogens is 326 g/mol. The Kier molecular flexibility index (Phi) is 4.88. The molecule has 0 saturated carbocycles. The van der Waals surface area contributed by atoms with Gasteiger partial charge in [-0.1, -0.05) is 29.8 Å². The van der Waals surface area contributed by atoms with Crippen LogP contribution in [0.25, 0.3) is 0 Å². The SMILES string of the molecule is CC(C)C[C@@H](NCc1cc2c(cc1Br)OCO2)C(=O)O. The predicted octanol–water partition coefficient (Wildman–Crippen LogP) is 2.77. The van der Waals surface area contributed by atoms with E-state index in [0.717, 1.165) is 10.0 Å². The van der Waals surface area contributed by atoms with Gasteiger partial charge in [0.2, 0.25) is 6.79 Å². The van der Waals surface area contributed by atoms with Crippen molar-refractivity contribution in [2.45, 2.75) is 32.9 Å². The van der Waals surface area contributed by atoms with Crippen LogP contribution in [0.15, 0.2) is 16.6 Å². The summed E-state index contributed by atoms with van der Waals surface area (Å²) in [4.78, 5) is 11.2. The van der Waals surface area contributed by atoms with Crippen LogP contribution >= 0.6 is 15.9 Å². The Balaban J connectivity index is 2.04. The fourth-order valence-corrected chi connectivity index (χ4v) is 2.53. The lowest BCUT2D eigenvalue weighted by Gasteiger charge is -2.17. The number of hydrogen-bond donors (Lipinski definition) is 2. The highest BCUT2D eigenvalue weighted by molar-refractivity contribution is 9.10. The molecule has 1 aliphatic rings. The third-order valence-corrected chi connectivity index (χ3v) is 3.82. The van der Waals surface area contributed by atoms with Gasteiger partial charge >= 0.3 is 5.97 Å². The largest absolute Gasteiger partial charge is 0.480 e. The van der Waals surface area contributed by atoms with Crippen molar-refractivity contribution in [1.82, 2.24) is 5.32 Å². The smallest absolute Gasteiger partial charge is 0.320 e. The Hall–Kier alpha value is -1.27. The average Bonchev–Trinajstić information content (AvgIpc) is 2.80. The number of carboxylic acids is 1. The van der Waals surface area contributed by atoms with E-state index in [0.29, 0.717) is 30.4 Å². The van der Waals surface area contributed by atoms with Crippen LogP contribution in [0.1, 0.15) is 25.8 Å². The van der Waals surface area contributed by atoms with Gasteiger partial charge in [0.25, 0.3) is 0 Å². The topological polar surface area (TPSA) is 67.8 Å². The van der Waals surface area contributed by atoms with E-state index in [1.807, 2.05) is 26.0 Å². The van der Waals surface area contributed by atoms with Gasteiger partial charge in [0.05, 0.1) is 0 Å². The van der Waals surface area contributed by atoms with E-state index >= 15 is 0 Å². The molecule has 1 aromatic carbocycles. The molecule has 0 bridgehead atoms. The second-order valence-electron chi connectivity index (χ2n) is 5.20. The minimum absolute atomic E-state index is 0.226.